The van der Waals surface area contributed by atoms with E-state index < -0.39 is 17.2 Å². The first kappa shape index (κ1) is 15.6. The molecule has 1 atom stereocenters. The minimum Gasteiger partial charge on any atom is -0.469 e. The van der Waals surface area contributed by atoms with Crippen molar-refractivity contribution in [1.82, 2.24) is 0 Å². The van der Waals surface area contributed by atoms with E-state index in [1.165, 1.54) is 18.4 Å². The number of rotatable bonds is 5. The highest BCUT2D eigenvalue weighted by Crippen LogP contribution is 2.33. The zero-order valence-corrected chi connectivity index (χ0v) is 12.6. The van der Waals surface area contributed by atoms with Crippen LogP contribution in [-0.2, 0) is 21.4 Å². The average Bonchev–Trinajstić information content (AvgIpc) is 2.91. The zero-order valence-electron chi connectivity index (χ0n) is 11.9. The van der Waals surface area contributed by atoms with E-state index in [1.807, 2.05) is 0 Å². The Morgan fingerprint density at radius 2 is 2.19 bits per heavy atom. The molecule has 0 spiro atoms. The van der Waals surface area contributed by atoms with Gasteiger partial charge in [0.2, 0.25) is 0 Å². The molecular weight excluding hydrogens is 295 g/mol. The topological polar surface area (TPSA) is 39.4 Å². The van der Waals surface area contributed by atoms with Crippen molar-refractivity contribution in [1.29, 1.82) is 0 Å². The van der Waals surface area contributed by atoms with E-state index in [-0.39, 0.29) is 23.6 Å². The van der Waals surface area contributed by atoms with E-state index >= 15 is 0 Å². The van der Waals surface area contributed by atoms with Crippen molar-refractivity contribution in [3.05, 3.63) is 58.8 Å². The third-order valence-electron chi connectivity index (χ3n) is 3.36. The van der Waals surface area contributed by atoms with Gasteiger partial charge in [0.15, 0.2) is 0 Å². The molecule has 0 saturated heterocycles. The highest BCUT2D eigenvalue weighted by Gasteiger charge is 2.40. The number of hydrogen-bond donors (Lipinski definition) is 0. The molecule has 5 heteroatoms. The smallest absolute Gasteiger partial charge is 0.316 e. The number of esters is 1. The van der Waals surface area contributed by atoms with Crippen LogP contribution in [0.15, 0.2) is 41.0 Å². The van der Waals surface area contributed by atoms with Gasteiger partial charge in [-0.3, -0.25) is 4.79 Å². The minimum atomic E-state index is -1.18. The molecule has 0 aliphatic carbocycles. The maximum absolute atomic E-state index is 14.3. The summed E-state index contributed by atoms with van der Waals surface area (Å²) in [5, 5.41) is 0.278. The first-order valence-electron chi connectivity index (χ1n) is 6.62. The lowest BCUT2D eigenvalue weighted by Crippen LogP contribution is -2.37. The van der Waals surface area contributed by atoms with Crippen LogP contribution in [0.2, 0.25) is 5.02 Å². The lowest BCUT2D eigenvalue weighted by atomic mass is 9.78. The van der Waals surface area contributed by atoms with E-state index in [1.54, 1.807) is 32.0 Å². The number of carbonyl (C=O) groups excluding carboxylic acids is 1. The quantitative estimate of drug-likeness (QED) is 0.779. The normalized spacial score (nSPS) is 13.7. The summed E-state index contributed by atoms with van der Waals surface area (Å²) in [5.41, 5.74) is -0.940. The summed E-state index contributed by atoms with van der Waals surface area (Å²) in [7, 11) is 0. The number of ether oxygens (including phenoxy) is 1. The molecule has 0 amide bonds. The fraction of sp³-hybridized carbons (Fsp3) is 0.312. The van der Waals surface area contributed by atoms with Crippen LogP contribution < -0.4 is 0 Å². The van der Waals surface area contributed by atoms with Crippen LogP contribution in [0.25, 0.3) is 0 Å². The average molecular weight is 311 g/mol. The van der Waals surface area contributed by atoms with Gasteiger partial charge in [0, 0.05) is 17.0 Å². The third-order valence-corrected chi connectivity index (χ3v) is 3.59. The molecule has 0 saturated carbocycles. The van der Waals surface area contributed by atoms with E-state index in [2.05, 4.69) is 0 Å². The highest BCUT2D eigenvalue weighted by atomic mass is 35.5. The van der Waals surface area contributed by atoms with Crippen molar-refractivity contribution in [2.75, 3.05) is 6.61 Å². The molecule has 21 heavy (non-hydrogen) atoms. The maximum atomic E-state index is 14.3. The highest BCUT2D eigenvalue weighted by molar-refractivity contribution is 6.30. The van der Waals surface area contributed by atoms with Crippen molar-refractivity contribution in [3.8, 4) is 0 Å². The Hall–Kier alpha value is -1.81. The predicted molar refractivity (Wildman–Crippen MR) is 77.8 cm³/mol. The predicted octanol–water partition coefficient (Wildman–Crippen LogP) is 4.14. The lowest BCUT2D eigenvalue weighted by Gasteiger charge is -2.27. The largest absolute Gasteiger partial charge is 0.469 e. The summed E-state index contributed by atoms with van der Waals surface area (Å²) in [5.74, 6) is -0.452. The second-order valence-corrected chi connectivity index (χ2v) is 5.37. The molecule has 3 nitrogen and oxygen atoms in total. The van der Waals surface area contributed by atoms with Crippen molar-refractivity contribution < 1.29 is 18.3 Å². The second-order valence-electron chi connectivity index (χ2n) is 4.93. The SMILES string of the molecule is CCOC(=O)C(C)(Cc1ccco1)c1ccc(Cl)cc1F. The Morgan fingerprint density at radius 3 is 2.76 bits per heavy atom. The van der Waals surface area contributed by atoms with Crippen molar-refractivity contribution in [3.63, 3.8) is 0 Å². The van der Waals surface area contributed by atoms with E-state index in [9.17, 15) is 9.18 Å². The number of carbonyl (C=O) groups is 1. The Bertz CT molecular complexity index is 624. The van der Waals surface area contributed by atoms with Gasteiger partial charge in [-0.15, -0.1) is 0 Å². The van der Waals surface area contributed by atoms with Crippen LogP contribution in [0.1, 0.15) is 25.2 Å². The number of furan rings is 1. The van der Waals surface area contributed by atoms with Crippen molar-refractivity contribution >= 4 is 17.6 Å². The van der Waals surface area contributed by atoms with Gasteiger partial charge in [-0.25, -0.2) is 4.39 Å². The molecular formula is C16H16ClFO3. The Balaban J connectivity index is 2.46. The lowest BCUT2D eigenvalue weighted by molar-refractivity contribution is -0.149. The summed E-state index contributed by atoms with van der Waals surface area (Å²) < 4.78 is 24.7. The summed E-state index contributed by atoms with van der Waals surface area (Å²) in [4.78, 5) is 12.4. The van der Waals surface area contributed by atoms with Gasteiger partial charge < -0.3 is 9.15 Å². The Morgan fingerprint density at radius 1 is 1.43 bits per heavy atom. The van der Waals surface area contributed by atoms with Crippen molar-refractivity contribution in [2.45, 2.75) is 25.7 Å². The number of halogens is 2. The van der Waals surface area contributed by atoms with Gasteiger partial charge in [0.25, 0.3) is 0 Å². The Labute approximate surface area is 127 Å². The first-order chi connectivity index (χ1) is 9.97. The van der Waals surface area contributed by atoms with E-state index in [4.69, 9.17) is 20.8 Å². The van der Waals surface area contributed by atoms with Gasteiger partial charge in [-0.1, -0.05) is 17.7 Å². The van der Waals surface area contributed by atoms with Gasteiger partial charge in [-0.2, -0.15) is 0 Å². The van der Waals surface area contributed by atoms with Gasteiger partial charge in [0.05, 0.1) is 18.3 Å². The number of benzene rings is 1. The maximum Gasteiger partial charge on any atom is 0.316 e. The standard InChI is InChI=1S/C16H16ClFO3/c1-3-20-15(19)16(2,10-12-5-4-8-21-12)13-7-6-11(17)9-14(13)18/h4-9H,3,10H2,1-2H3. The fourth-order valence-electron chi connectivity index (χ4n) is 2.27. The van der Waals surface area contributed by atoms with Crippen molar-refractivity contribution in [2.24, 2.45) is 0 Å². The minimum absolute atomic E-state index is 0.206. The van der Waals surface area contributed by atoms with Crippen LogP contribution in [0.4, 0.5) is 4.39 Å². The van der Waals surface area contributed by atoms with E-state index in [0.717, 1.165) is 0 Å². The first-order valence-corrected chi connectivity index (χ1v) is 7.00. The van der Waals surface area contributed by atoms with Gasteiger partial charge >= 0.3 is 5.97 Å². The molecule has 1 unspecified atom stereocenters. The molecule has 1 aromatic carbocycles. The zero-order chi connectivity index (χ0) is 15.5. The summed E-state index contributed by atoms with van der Waals surface area (Å²) in [6.45, 7) is 3.57. The van der Waals surface area contributed by atoms with Crippen LogP contribution in [0.3, 0.4) is 0 Å². The van der Waals surface area contributed by atoms with Crippen LogP contribution in [0, 0.1) is 5.82 Å². The molecule has 0 aliphatic heterocycles. The molecule has 0 aliphatic rings. The number of hydrogen-bond acceptors (Lipinski definition) is 3. The molecule has 112 valence electrons. The van der Waals surface area contributed by atoms with Crippen LogP contribution in [-0.4, -0.2) is 12.6 Å². The monoisotopic (exact) mass is 310 g/mol. The Kier molecular flexibility index (Phi) is 4.68. The molecule has 1 heterocycles. The fourth-order valence-corrected chi connectivity index (χ4v) is 2.43. The van der Waals surface area contributed by atoms with Gasteiger partial charge in [-0.05, 0) is 38.1 Å². The molecule has 0 radical (unpaired) electrons. The van der Waals surface area contributed by atoms with Crippen LogP contribution in [0.5, 0.6) is 0 Å². The molecule has 1 aromatic heterocycles. The molecule has 2 rings (SSSR count). The molecule has 0 bridgehead atoms. The second kappa shape index (κ2) is 6.31. The van der Waals surface area contributed by atoms with Gasteiger partial charge in [0.1, 0.15) is 11.6 Å². The summed E-state index contributed by atoms with van der Waals surface area (Å²) in [6.07, 6.45) is 1.72. The van der Waals surface area contributed by atoms with Crippen LogP contribution >= 0.6 is 11.6 Å². The van der Waals surface area contributed by atoms with E-state index in [0.29, 0.717) is 5.76 Å². The molecule has 0 N–H and O–H groups in total. The summed E-state index contributed by atoms with van der Waals surface area (Å²) in [6, 6.07) is 7.72. The molecule has 0 fully saturated rings. The summed E-state index contributed by atoms with van der Waals surface area (Å²) >= 11 is 5.78. The third kappa shape index (κ3) is 3.27. The molecule has 2 aromatic rings.